The average molecular weight is 268 g/mol. The summed E-state index contributed by atoms with van der Waals surface area (Å²) in [4.78, 5) is 15.6. The van der Waals surface area contributed by atoms with E-state index >= 15 is 0 Å². The van der Waals surface area contributed by atoms with Gasteiger partial charge >= 0.3 is 0 Å². The Morgan fingerprint density at radius 3 is 2.74 bits per heavy atom. The van der Waals surface area contributed by atoms with Crippen LogP contribution in [-0.2, 0) is 18.4 Å². The Bertz CT molecular complexity index is 403. The van der Waals surface area contributed by atoms with Gasteiger partial charge < -0.3 is 10.0 Å². The molecule has 0 saturated carbocycles. The van der Waals surface area contributed by atoms with E-state index in [9.17, 15) is 9.90 Å². The Labute approximate surface area is 114 Å². The lowest BCUT2D eigenvalue weighted by Gasteiger charge is -2.21. The molecule has 6 heteroatoms. The molecule has 1 aromatic heterocycles. The molecule has 1 aromatic rings. The summed E-state index contributed by atoms with van der Waals surface area (Å²) in [6.45, 7) is 3.40. The lowest BCUT2D eigenvalue weighted by molar-refractivity contribution is -0.131. The number of likely N-dealkylation sites (N-methyl/N-ethyl adjacent to an activating group) is 2. The molecular weight excluding hydrogens is 244 g/mol. The van der Waals surface area contributed by atoms with Crippen LogP contribution < -0.4 is 0 Å². The molecule has 0 spiro atoms. The number of carbonyl (C=O) groups excluding carboxylic acids is 1. The van der Waals surface area contributed by atoms with Crippen molar-refractivity contribution in [2.45, 2.75) is 26.0 Å². The van der Waals surface area contributed by atoms with E-state index in [0.29, 0.717) is 26.1 Å². The number of rotatable bonds is 7. The standard InChI is InChI=1S/C13H24N4O2/c1-11(18)5-6-15(2)10-13(19)16(3)8-12-7-14-17(4)9-12/h7,9,11,18H,5-6,8,10H2,1-4H3. The number of hydrogen-bond donors (Lipinski definition) is 1. The summed E-state index contributed by atoms with van der Waals surface area (Å²) in [5.41, 5.74) is 1.02. The molecule has 1 amide bonds. The molecule has 1 N–H and O–H groups in total. The van der Waals surface area contributed by atoms with Crippen LogP contribution in [0.1, 0.15) is 18.9 Å². The van der Waals surface area contributed by atoms with E-state index in [1.807, 2.05) is 25.2 Å². The van der Waals surface area contributed by atoms with Gasteiger partial charge in [0.15, 0.2) is 0 Å². The molecule has 0 bridgehead atoms. The van der Waals surface area contributed by atoms with Gasteiger partial charge in [0.25, 0.3) is 0 Å². The molecule has 0 aromatic carbocycles. The van der Waals surface area contributed by atoms with E-state index in [-0.39, 0.29) is 12.0 Å². The van der Waals surface area contributed by atoms with Crippen LogP contribution in [0.2, 0.25) is 0 Å². The molecule has 0 aliphatic carbocycles. The number of aliphatic hydroxyl groups excluding tert-OH is 1. The van der Waals surface area contributed by atoms with Crippen molar-refractivity contribution in [1.82, 2.24) is 19.6 Å². The second-order valence-corrected chi connectivity index (χ2v) is 5.15. The summed E-state index contributed by atoms with van der Waals surface area (Å²) >= 11 is 0. The van der Waals surface area contributed by atoms with Crippen LogP contribution in [0, 0.1) is 0 Å². The van der Waals surface area contributed by atoms with Crippen molar-refractivity contribution in [3.8, 4) is 0 Å². The minimum atomic E-state index is -0.328. The van der Waals surface area contributed by atoms with Crippen molar-refractivity contribution in [2.24, 2.45) is 7.05 Å². The van der Waals surface area contributed by atoms with Crippen LogP contribution in [-0.4, -0.2) is 63.9 Å². The number of nitrogens with zero attached hydrogens (tertiary/aromatic N) is 4. The molecule has 0 radical (unpaired) electrons. The smallest absolute Gasteiger partial charge is 0.236 e. The average Bonchev–Trinajstić information content (AvgIpc) is 2.72. The second-order valence-electron chi connectivity index (χ2n) is 5.15. The maximum Gasteiger partial charge on any atom is 0.236 e. The molecule has 1 heterocycles. The molecule has 1 unspecified atom stereocenters. The third kappa shape index (κ3) is 5.85. The fourth-order valence-electron chi connectivity index (χ4n) is 1.75. The van der Waals surface area contributed by atoms with Gasteiger partial charge in [-0.2, -0.15) is 5.10 Å². The molecule has 1 rings (SSSR count). The van der Waals surface area contributed by atoms with Gasteiger partial charge in [0.1, 0.15) is 0 Å². The summed E-state index contributed by atoms with van der Waals surface area (Å²) in [5, 5.41) is 13.3. The molecule has 6 nitrogen and oxygen atoms in total. The van der Waals surface area contributed by atoms with Crippen molar-refractivity contribution in [1.29, 1.82) is 0 Å². The number of aryl methyl sites for hydroxylation is 1. The number of aliphatic hydroxyl groups is 1. The third-order valence-corrected chi connectivity index (χ3v) is 2.94. The topological polar surface area (TPSA) is 61.6 Å². The maximum atomic E-state index is 12.0. The number of amides is 1. The Kier molecular flexibility index (Phi) is 5.98. The van der Waals surface area contributed by atoms with Crippen LogP contribution in [0.3, 0.4) is 0 Å². The largest absolute Gasteiger partial charge is 0.393 e. The molecule has 0 fully saturated rings. The number of hydrogen-bond acceptors (Lipinski definition) is 4. The van der Waals surface area contributed by atoms with Crippen molar-refractivity contribution >= 4 is 5.91 Å². The zero-order valence-electron chi connectivity index (χ0n) is 12.2. The first-order chi connectivity index (χ1) is 8.88. The van der Waals surface area contributed by atoms with Crippen LogP contribution in [0.15, 0.2) is 12.4 Å². The highest BCUT2D eigenvalue weighted by atomic mass is 16.3. The lowest BCUT2D eigenvalue weighted by Crippen LogP contribution is -2.37. The summed E-state index contributed by atoms with van der Waals surface area (Å²) in [6.07, 6.45) is 4.02. The highest BCUT2D eigenvalue weighted by molar-refractivity contribution is 5.77. The summed E-state index contributed by atoms with van der Waals surface area (Å²) in [7, 11) is 5.53. The van der Waals surface area contributed by atoms with Crippen molar-refractivity contribution in [3.63, 3.8) is 0 Å². The first-order valence-electron chi connectivity index (χ1n) is 6.46. The van der Waals surface area contributed by atoms with Gasteiger partial charge in [0.05, 0.1) is 18.8 Å². The van der Waals surface area contributed by atoms with Gasteiger partial charge in [-0.25, -0.2) is 0 Å². The van der Waals surface area contributed by atoms with E-state index in [1.165, 1.54) is 0 Å². The van der Waals surface area contributed by atoms with Crippen LogP contribution in [0.5, 0.6) is 0 Å². The van der Waals surface area contributed by atoms with Gasteiger partial charge in [0.2, 0.25) is 5.91 Å². The first-order valence-corrected chi connectivity index (χ1v) is 6.46. The predicted octanol–water partition coefficient (Wildman–Crippen LogP) is 0.0812. The summed E-state index contributed by atoms with van der Waals surface area (Å²) in [5.74, 6) is 0.0666. The fraction of sp³-hybridized carbons (Fsp3) is 0.692. The fourth-order valence-corrected chi connectivity index (χ4v) is 1.75. The van der Waals surface area contributed by atoms with E-state index in [2.05, 4.69) is 5.10 Å². The minimum absolute atomic E-state index is 0.0666. The van der Waals surface area contributed by atoms with Gasteiger partial charge in [-0.1, -0.05) is 0 Å². The van der Waals surface area contributed by atoms with Crippen molar-refractivity contribution < 1.29 is 9.90 Å². The van der Waals surface area contributed by atoms with Gasteiger partial charge in [-0.3, -0.25) is 14.4 Å². The quantitative estimate of drug-likeness (QED) is 0.761. The molecule has 0 saturated heterocycles. The monoisotopic (exact) mass is 268 g/mol. The van der Waals surface area contributed by atoms with Crippen LogP contribution in [0.25, 0.3) is 0 Å². The van der Waals surface area contributed by atoms with Gasteiger partial charge in [-0.05, 0) is 20.4 Å². The zero-order chi connectivity index (χ0) is 14.4. The molecule has 0 aliphatic rings. The van der Waals surface area contributed by atoms with E-state index in [1.54, 1.807) is 29.7 Å². The van der Waals surface area contributed by atoms with E-state index in [4.69, 9.17) is 0 Å². The second kappa shape index (κ2) is 7.25. The first kappa shape index (κ1) is 15.7. The Morgan fingerprint density at radius 2 is 2.21 bits per heavy atom. The highest BCUT2D eigenvalue weighted by Gasteiger charge is 2.13. The molecule has 108 valence electrons. The maximum absolute atomic E-state index is 12.0. The van der Waals surface area contributed by atoms with E-state index < -0.39 is 0 Å². The number of aromatic nitrogens is 2. The Balaban J connectivity index is 2.35. The van der Waals surface area contributed by atoms with Crippen molar-refractivity contribution in [2.75, 3.05) is 27.2 Å². The SMILES string of the molecule is CC(O)CCN(C)CC(=O)N(C)Cc1cnn(C)c1. The molecule has 19 heavy (non-hydrogen) atoms. The Hall–Kier alpha value is -1.40. The van der Waals surface area contributed by atoms with Gasteiger partial charge in [0, 0.05) is 38.9 Å². The summed E-state index contributed by atoms with van der Waals surface area (Å²) in [6, 6.07) is 0. The minimum Gasteiger partial charge on any atom is -0.393 e. The predicted molar refractivity (Wildman–Crippen MR) is 73.5 cm³/mol. The Morgan fingerprint density at radius 1 is 1.53 bits per heavy atom. The normalized spacial score (nSPS) is 12.7. The van der Waals surface area contributed by atoms with Crippen molar-refractivity contribution in [3.05, 3.63) is 18.0 Å². The third-order valence-electron chi connectivity index (χ3n) is 2.94. The summed E-state index contributed by atoms with van der Waals surface area (Å²) < 4.78 is 1.72. The lowest BCUT2D eigenvalue weighted by atomic mass is 10.2. The molecular formula is C13H24N4O2. The van der Waals surface area contributed by atoms with Crippen LogP contribution >= 0.6 is 0 Å². The van der Waals surface area contributed by atoms with E-state index in [0.717, 1.165) is 5.56 Å². The molecule has 1 atom stereocenters. The number of carbonyl (C=O) groups is 1. The zero-order valence-corrected chi connectivity index (χ0v) is 12.2. The van der Waals surface area contributed by atoms with Gasteiger partial charge in [-0.15, -0.1) is 0 Å². The highest BCUT2D eigenvalue weighted by Crippen LogP contribution is 2.02. The molecule has 0 aliphatic heterocycles. The van der Waals surface area contributed by atoms with Crippen LogP contribution in [0.4, 0.5) is 0 Å².